The van der Waals surface area contributed by atoms with Gasteiger partial charge in [0.2, 0.25) is 5.91 Å². The van der Waals surface area contributed by atoms with E-state index >= 15 is 0 Å². The van der Waals surface area contributed by atoms with Crippen LogP contribution in [0.1, 0.15) is 32.1 Å². The highest BCUT2D eigenvalue weighted by Gasteiger charge is 2.21. The van der Waals surface area contributed by atoms with Crippen molar-refractivity contribution in [3.63, 3.8) is 0 Å². The van der Waals surface area contributed by atoms with Gasteiger partial charge < -0.3 is 15.4 Å². The highest BCUT2D eigenvalue weighted by molar-refractivity contribution is 5.81. The smallest absolute Gasteiger partial charge is 0.237 e. The Morgan fingerprint density at radius 3 is 2.75 bits per heavy atom. The summed E-state index contributed by atoms with van der Waals surface area (Å²) in [6.45, 7) is 3.50. The van der Waals surface area contributed by atoms with Crippen molar-refractivity contribution in [2.24, 2.45) is 5.92 Å². The molecule has 0 aliphatic carbocycles. The summed E-state index contributed by atoms with van der Waals surface area (Å²) in [5.74, 6) is 0.799. The molecule has 0 aromatic carbocycles. The molecule has 2 saturated heterocycles. The van der Waals surface area contributed by atoms with Crippen LogP contribution in [0.3, 0.4) is 0 Å². The summed E-state index contributed by atoms with van der Waals surface area (Å²) in [6, 6.07) is 0.0496. The van der Waals surface area contributed by atoms with Gasteiger partial charge in [0.25, 0.3) is 0 Å². The maximum atomic E-state index is 11.8. The Morgan fingerprint density at radius 2 is 2.06 bits per heavy atom. The fourth-order valence-electron chi connectivity index (χ4n) is 2.39. The second kappa shape index (κ2) is 6.21. The van der Waals surface area contributed by atoms with Crippen molar-refractivity contribution < 1.29 is 9.53 Å². The van der Waals surface area contributed by atoms with Crippen molar-refractivity contribution in [3.05, 3.63) is 0 Å². The minimum atomic E-state index is 0.0496. The molecule has 1 amide bonds. The van der Waals surface area contributed by atoms with Crippen molar-refractivity contribution in [2.45, 2.75) is 38.1 Å². The van der Waals surface area contributed by atoms with Crippen LogP contribution in [0, 0.1) is 5.92 Å². The van der Waals surface area contributed by atoms with Crippen LogP contribution in [-0.2, 0) is 9.53 Å². The van der Waals surface area contributed by atoms with Gasteiger partial charge in [0.1, 0.15) is 0 Å². The standard InChI is InChI=1S/C12H22N2O2/c15-12(11-3-1-2-6-13-11)14-9-10-4-7-16-8-5-10/h10-11,13H,1-9H2,(H,14,15)/t11-/m0/s1. The van der Waals surface area contributed by atoms with Crippen LogP contribution >= 0.6 is 0 Å². The number of piperidine rings is 1. The highest BCUT2D eigenvalue weighted by atomic mass is 16.5. The van der Waals surface area contributed by atoms with Gasteiger partial charge in [-0.05, 0) is 38.1 Å². The largest absolute Gasteiger partial charge is 0.381 e. The van der Waals surface area contributed by atoms with E-state index in [9.17, 15) is 4.79 Å². The molecule has 2 aliphatic rings. The molecule has 0 bridgehead atoms. The molecule has 4 heteroatoms. The predicted molar refractivity (Wildman–Crippen MR) is 62.2 cm³/mol. The van der Waals surface area contributed by atoms with Gasteiger partial charge in [-0.2, -0.15) is 0 Å². The Hall–Kier alpha value is -0.610. The molecule has 0 spiro atoms. The molecule has 0 saturated carbocycles. The molecule has 2 heterocycles. The zero-order chi connectivity index (χ0) is 11.2. The first-order valence-electron chi connectivity index (χ1n) is 6.45. The monoisotopic (exact) mass is 226 g/mol. The number of nitrogens with one attached hydrogen (secondary N) is 2. The first-order valence-corrected chi connectivity index (χ1v) is 6.45. The summed E-state index contributed by atoms with van der Waals surface area (Å²) in [4.78, 5) is 11.8. The number of rotatable bonds is 3. The average Bonchev–Trinajstić information content (AvgIpc) is 2.38. The van der Waals surface area contributed by atoms with Gasteiger partial charge in [0.05, 0.1) is 6.04 Å². The minimum Gasteiger partial charge on any atom is -0.381 e. The van der Waals surface area contributed by atoms with E-state index in [-0.39, 0.29) is 11.9 Å². The summed E-state index contributed by atoms with van der Waals surface area (Å²) in [5, 5.41) is 6.33. The number of ether oxygens (including phenoxy) is 1. The molecule has 92 valence electrons. The van der Waals surface area contributed by atoms with Gasteiger partial charge in [0, 0.05) is 19.8 Å². The fraction of sp³-hybridized carbons (Fsp3) is 0.917. The van der Waals surface area contributed by atoms with Crippen molar-refractivity contribution in [3.8, 4) is 0 Å². The van der Waals surface area contributed by atoms with Crippen LogP contribution in [0.15, 0.2) is 0 Å². The molecule has 4 nitrogen and oxygen atoms in total. The maximum Gasteiger partial charge on any atom is 0.237 e. The molecule has 2 aliphatic heterocycles. The lowest BCUT2D eigenvalue weighted by molar-refractivity contribution is -0.124. The zero-order valence-corrected chi connectivity index (χ0v) is 9.84. The third kappa shape index (κ3) is 3.46. The van der Waals surface area contributed by atoms with E-state index in [1.54, 1.807) is 0 Å². The van der Waals surface area contributed by atoms with Crippen LogP contribution in [-0.4, -0.2) is 38.3 Å². The van der Waals surface area contributed by atoms with Crippen LogP contribution in [0.25, 0.3) is 0 Å². The normalized spacial score (nSPS) is 27.6. The molecule has 0 radical (unpaired) electrons. The van der Waals surface area contributed by atoms with E-state index < -0.39 is 0 Å². The van der Waals surface area contributed by atoms with Gasteiger partial charge in [-0.25, -0.2) is 0 Å². The van der Waals surface area contributed by atoms with Crippen LogP contribution in [0.2, 0.25) is 0 Å². The quantitative estimate of drug-likeness (QED) is 0.743. The zero-order valence-electron chi connectivity index (χ0n) is 9.84. The van der Waals surface area contributed by atoms with Crippen LogP contribution < -0.4 is 10.6 Å². The van der Waals surface area contributed by atoms with Gasteiger partial charge in [-0.1, -0.05) is 6.42 Å². The van der Waals surface area contributed by atoms with E-state index in [0.717, 1.165) is 45.6 Å². The summed E-state index contributed by atoms with van der Waals surface area (Å²) in [5.41, 5.74) is 0. The molecular weight excluding hydrogens is 204 g/mol. The maximum absolute atomic E-state index is 11.8. The molecule has 0 aromatic rings. The van der Waals surface area contributed by atoms with Crippen LogP contribution in [0.4, 0.5) is 0 Å². The van der Waals surface area contributed by atoms with E-state index in [1.807, 2.05) is 0 Å². The van der Waals surface area contributed by atoms with E-state index in [4.69, 9.17) is 4.74 Å². The molecule has 2 N–H and O–H groups in total. The SMILES string of the molecule is O=C(NCC1CCOCC1)[C@@H]1CCCCN1. The van der Waals surface area contributed by atoms with Crippen molar-refractivity contribution in [2.75, 3.05) is 26.3 Å². The number of amides is 1. The molecule has 1 atom stereocenters. The first-order chi connectivity index (χ1) is 7.86. The van der Waals surface area contributed by atoms with Gasteiger partial charge in [-0.3, -0.25) is 4.79 Å². The first kappa shape index (κ1) is 11.9. The number of hydrogen-bond donors (Lipinski definition) is 2. The molecule has 2 rings (SSSR count). The van der Waals surface area contributed by atoms with Crippen molar-refractivity contribution in [1.82, 2.24) is 10.6 Å². The van der Waals surface area contributed by atoms with E-state index in [2.05, 4.69) is 10.6 Å². The molecule has 0 unspecified atom stereocenters. The van der Waals surface area contributed by atoms with Crippen LogP contribution in [0.5, 0.6) is 0 Å². The number of carbonyl (C=O) groups excluding carboxylic acids is 1. The topological polar surface area (TPSA) is 50.4 Å². The third-order valence-corrected chi connectivity index (χ3v) is 3.53. The average molecular weight is 226 g/mol. The highest BCUT2D eigenvalue weighted by Crippen LogP contribution is 2.13. The second-order valence-electron chi connectivity index (χ2n) is 4.80. The lowest BCUT2D eigenvalue weighted by Crippen LogP contribution is -2.47. The van der Waals surface area contributed by atoms with Gasteiger partial charge in [-0.15, -0.1) is 0 Å². The minimum absolute atomic E-state index is 0.0496. The molecule has 2 fully saturated rings. The van der Waals surface area contributed by atoms with Crippen molar-refractivity contribution >= 4 is 5.91 Å². The Kier molecular flexibility index (Phi) is 4.60. The fourth-order valence-corrected chi connectivity index (χ4v) is 2.39. The second-order valence-corrected chi connectivity index (χ2v) is 4.80. The summed E-state index contributed by atoms with van der Waals surface area (Å²) >= 11 is 0. The Labute approximate surface area is 97.1 Å². The van der Waals surface area contributed by atoms with Crippen molar-refractivity contribution in [1.29, 1.82) is 0 Å². The van der Waals surface area contributed by atoms with Gasteiger partial charge >= 0.3 is 0 Å². The third-order valence-electron chi connectivity index (χ3n) is 3.53. The number of hydrogen-bond acceptors (Lipinski definition) is 3. The molecule has 16 heavy (non-hydrogen) atoms. The number of carbonyl (C=O) groups is 1. The lowest BCUT2D eigenvalue weighted by atomic mass is 9.99. The Balaban J connectivity index is 1.65. The van der Waals surface area contributed by atoms with E-state index in [0.29, 0.717) is 5.92 Å². The van der Waals surface area contributed by atoms with Gasteiger partial charge in [0.15, 0.2) is 0 Å². The Morgan fingerprint density at radius 1 is 1.25 bits per heavy atom. The predicted octanol–water partition coefficient (Wildman–Crippen LogP) is 0.671. The summed E-state index contributed by atoms with van der Waals surface area (Å²) < 4.78 is 5.30. The molecule has 0 aromatic heterocycles. The van der Waals surface area contributed by atoms with E-state index in [1.165, 1.54) is 12.8 Å². The Bertz CT molecular complexity index is 221. The summed E-state index contributed by atoms with van der Waals surface area (Å²) in [6.07, 6.45) is 5.52. The lowest BCUT2D eigenvalue weighted by Gasteiger charge is -2.25. The summed E-state index contributed by atoms with van der Waals surface area (Å²) in [7, 11) is 0. The molecular formula is C12H22N2O2.